The summed E-state index contributed by atoms with van der Waals surface area (Å²) in [6, 6.07) is 7.48. The van der Waals surface area contributed by atoms with Crippen molar-refractivity contribution in [2.45, 2.75) is 51.4 Å². The van der Waals surface area contributed by atoms with Gasteiger partial charge in [-0.1, -0.05) is 36.9 Å². The number of aromatic amines is 1. The van der Waals surface area contributed by atoms with Crippen LogP contribution in [0.3, 0.4) is 0 Å². The molecule has 3 aromatic rings. The number of halogens is 1. The molecule has 36 heavy (non-hydrogen) atoms. The monoisotopic (exact) mass is 510 g/mol. The molecular weight excluding hydrogens is 480 g/mol. The molecule has 1 fully saturated rings. The summed E-state index contributed by atoms with van der Waals surface area (Å²) < 4.78 is 5.81. The van der Waals surface area contributed by atoms with E-state index in [1.807, 2.05) is 18.2 Å². The SMILES string of the molecule is O=C(NC[C@H](O)CN1CCc2c(ccc(OCc3cn[nH]n3)c2Cl)C1)c1ccnc(CC2CCC2)c1. The van der Waals surface area contributed by atoms with E-state index in [-0.39, 0.29) is 12.5 Å². The molecule has 0 unspecified atom stereocenters. The quantitative estimate of drug-likeness (QED) is 0.384. The number of amides is 1. The van der Waals surface area contributed by atoms with Gasteiger partial charge in [0.25, 0.3) is 5.91 Å². The van der Waals surface area contributed by atoms with E-state index in [9.17, 15) is 9.90 Å². The number of hydrogen-bond acceptors (Lipinski definition) is 7. The minimum Gasteiger partial charge on any atom is -0.486 e. The Bertz CT molecular complexity index is 1180. The zero-order valence-corrected chi connectivity index (χ0v) is 20.9. The second-order valence-electron chi connectivity index (χ2n) is 9.65. The van der Waals surface area contributed by atoms with E-state index in [1.165, 1.54) is 19.3 Å². The number of fused-ring (bicyclic) bond motifs is 1. The fourth-order valence-electron chi connectivity index (χ4n) is 4.76. The summed E-state index contributed by atoms with van der Waals surface area (Å²) in [5, 5.41) is 24.4. The lowest BCUT2D eigenvalue weighted by Crippen LogP contribution is -2.42. The third kappa shape index (κ3) is 6.03. The van der Waals surface area contributed by atoms with Crippen molar-refractivity contribution < 1.29 is 14.6 Å². The van der Waals surface area contributed by atoms with E-state index in [2.05, 4.69) is 30.6 Å². The number of β-amino-alcohol motifs (C(OH)–C–C–N with tert-alkyl or cyclic N) is 1. The average Bonchev–Trinajstić information content (AvgIpc) is 3.38. The van der Waals surface area contributed by atoms with E-state index >= 15 is 0 Å². The van der Waals surface area contributed by atoms with Crippen LogP contribution < -0.4 is 10.1 Å². The zero-order valence-electron chi connectivity index (χ0n) is 20.1. The number of benzene rings is 1. The number of aliphatic hydroxyl groups excluding tert-OH is 1. The summed E-state index contributed by atoms with van der Waals surface area (Å²) in [6.07, 6.45) is 8.11. The number of hydrogen-bond donors (Lipinski definition) is 3. The Labute approximate surface area is 215 Å². The van der Waals surface area contributed by atoms with Gasteiger partial charge in [-0.15, -0.1) is 0 Å². The Morgan fingerprint density at radius 3 is 2.97 bits per heavy atom. The van der Waals surface area contributed by atoms with Gasteiger partial charge in [0, 0.05) is 43.6 Å². The Morgan fingerprint density at radius 1 is 1.31 bits per heavy atom. The molecule has 0 bridgehead atoms. The Hall–Kier alpha value is -3.01. The number of aliphatic hydroxyl groups is 1. The molecular formula is C26H31ClN6O3. The van der Waals surface area contributed by atoms with Gasteiger partial charge in [0.05, 0.1) is 17.3 Å². The highest BCUT2D eigenvalue weighted by Crippen LogP contribution is 2.34. The number of carbonyl (C=O) groups is 1. The van der Waals surface area contributed by atoms with Crippen LogP contribution in [0.2, 0.25) is 5.02 Å². The molecule has 3 N–H and O–H groups in total. The van der Waals surface area contributed by atoms with Crippen LogP contribution in [0.5, 0.6) is 5.75 Å². The Balaban J connectivity index is 1.10. The van der Waals surface area contributed by atoms with Gasteiger partial charge >= 0.3 is 0 Å². The van der Waals surface area contributed by atoms with Crippen molar-refractivity contribution in [1.82, 2.24) is 30.6 Å². The predicted octanol–water partition coefficient (Wildman–Crippen LogP) is 2.92. The van der Waals surface area contributed by atoms with Crippen molar-refractivity contribution in [1.29, 1.82) is 0 Å². The number of ether oxygens (including phenoxy) is 1. The van der Waals surface area contributed by atoms with Gasteiger partial charge in [0.15, 0.2) is 0 Å². The Kier molecular flexibility index (Phi) is 7.79. The number of H-pyrrole nitrogens is 1. The first-order chi connectivity index (χ1) is 17.5. The largest absolute Gasteiger partial charge is 0.486 e. The number of nitrogens with zero attached hydrogens (tertiary/aromatic N) is 4. The molecule has 2 aliphatic rings. The molecule has 1 saturated carbocycles. The minimum absolute atomic E-state index is 0.180. The van der Waals surface area contributed by atoms with E-state index < -0.39 is 6.10 Å². The number of carbonyl (C=O) groups excluding carboxylic acids is 1. The number of aromatic nitrogens is 4. The number of rotatable bonds is 10. The summed E-state index contributed by atoms with van der Waals surface area (Å²) in [4.78, 5) is 19.2. The van der Waals surface area contributed by atoms with Gasteiger partial charge in [0.2, 0.25) is 0 Å². The topological polar surface area (TPSA) is 116 Å². The molecule has 190 valence electrons. The lowest BCUT2D eigenvalue weighted by Gasteiger charge is -2.31. The molecule has 3 heterocycles. The highest BCUT2D eigenvalue weighted by atomic mass is 35.5. The molecule has 1 aliphatic heterocycles. The summed E-state index contributed by atoms with van der Waals surface area (Å²) in [5.74, 6) is 1.14. The molecule has 1 aromatic carbocycles. The molecule has 0 radical (unpaired) electrons. The molecule has 10 heteroatoms. The number of nitrogens with one attached hydrogen (secondary N) is 2. The van der Waals surface area contributed by atoms with Gasteiger partial charge in [-0.05, 0) is 48.1 Å². The summed E-state index contributed by atoms with van der Waals surface area (Å²) in [7, 11) is 0. The van der Waals surface area contributed by atoms with E-state index in [0.717, 1.165) is 36.2 Å². The Morgan fingerprint density at radius 2 is 2.19 bits per heavy atom. The molecule has 1 amide bonds. The molecule has 0 spiro atoms. The van der Waals surface area contributed by atoms with Gasteiger partial charge in [-0.3, -0.25) is 14.7 Å². The van der Waals surface area contributed by atoms with Crippen LogP contribution in [-0.4, -0.2) is 62.0 Å². The highest BCUT2D eigenvalue weighted by Gasteiger charge is 2.23. The smallest absolute Gasteiger partial charge is 0.251 e. The summed E-state index contributed by atoms with van der Waals surface area (Å²) in [5.41, 5.74) is 4.45. The predicted molar refractivity (Wildman–Crippen MR) is 135 cm³/mol. The lowest BCUT2D eigenvalue weighted by atomic mass is 9.82. The first-order valence-corrected chi connectivity index (χ1v) is 12.8. The van der Waals surface area contributed by atoms with Crippen molar-refractivity contribution in [3.8, 4) is 5.75 Å². The molecule has 9 nitrogen and oxygen atoms in total. The fourth-order valence-corrected chi connectivity index (χ4v) is 5.09. The third-order valence-corrected chi connectivity index (χ3v) is 7.40. The van der Waals surface area contributed by atoms with Gasteiger partial charge in [-0.2, -0.15) is 15.4 Å². The van der Waals surface area contributed by atoms with Crippen molar-refractivity contribution in [2.24, 2.45) is 5.92 Å². The first kappa shape index (κ1) is 24.7. The van der Waals surface area contributed by atoms with Gasteiger partial charge in [0.1, 0.15) is 18.1 Å². The van der Waals surface area contributed by atoms with Crippen molar-refractivity contribution in [2.75, 3.05) is 19.6 Å². The molecule has 0 saturated heterocycles. The summed E-state index contributed by atoms with van der Waals surface area (Å²) >= 11 is 6.62. The minimum atomic E-state index is -0.674. The van der Waals surface area contributed by atoms with Crippen LogP contribution in [-0.2, 0) is 26.0 Å². The van der Waals surface area contributed by atoms with E-state index in [1.54, 1.807) is 18.5 Å². The van der Waals surface area contributed by atoms with Crippen LogP contribution in [0.4, 0.5) is 0 Å². The zero-order chi connectivity index (χ0) is 24.9. The molecule has 5 rings (SSSR count). The van der Waals surface area contributed by atoms with E-state index in [0.29, 0.717) is 47.6 Å². The summed E-state index contributed by atoms with van der Waals surface area (Å²) in [6.45, 7) is 2.39. The lowest BCUT2D eigenvalue weighted by molar-refractivity contribution is 0.0841. The maximum absolute atomic E-state index is 12.6. The van der Waals surface area contributed by atoms with Gasteiger partial charge < -0.3 is 15.2 Å². The molecule has 1 aliphatic carbocycles. The third-order valence-electron chi connectivity index (χ3n) is 6.99. The average molecular weight is 511 g/mol. The van der Waals surface area contributed by atoms with Crippen LogP contribution in [0, 0.1) is 5.92 Å². The first-order valence-electron chi connectivity index (χ1n) is 12.5. The van der Waals surface area contributed by atoms with Crippen LogP contribution in [0.1, 0.15) is 52.1 Å². The van der Waals surface area contributed by atoms with Crippen molar-refractivity contribution in [3.05, 3.63) is 69.8 Å². The standard InChI is InChI=1S/C26H31ClN6O3/c27-25-23-7-9-33(14-19(23)4-5-24(25)36-16-21-12-30-32-31-21)15-22(34)13-29-26(35)18-6-8-28-20(11-18)10-17-2-1-3-17/h4-6,8,11-12,17,22,34H,1-3,7,9-10,13-16H2,(H,29,35)(H,30,31,32)/t22-/m0/s1. The molecule has 1 atom stereocenters. The van der Waals surface area contributed by atoms with Crippen molar-refractivity contribution >= 4 is 17.5 Å². The second kappa shape index (κ2) is 11.4. The highest BCUT2D eigenvalue weighted by molar-refractivity contribution is 6.33. The fraction of sp³-hybridized carbons (Fsp3) is 0.462. The van der Waals surface area contributed by atoms with Gasteiger partial charge in [-0.25, -0.2) is 0 Å². The maximum atomic E-state index is 12.6. The maximum Gasteiger partial charge on any atom is 0.251 e. The van der Waals surface area contributed by atoms with Crippen LogP contribution in [0.15, 0.2) is 36.7 Å². The number of pyridine rings is 1. The second-order valence-corrected chi connectivity index (χ2v) is 10.0. The van der Waals surface area contributed by atoms with E-state index in [4.69, 9.17) is 16.3 Å². The normalized spacial score (nSPS) is 16.7. The van der Waals surface area contributed by atoms with Crippen LogP contribution >= 0.6 is 11.6 Å². The van der Waals surface area contributed by atoms with Crippen LogP contribution in [0.25, 0.3) is 0 Å². The molecule has 2 aromatic heterocycles. The van der Waals surface area contributed by atoms with Crippen molar-refractivity contribution in [3.63, 3.8) is 0 Å².